The maximum Gasteiger partial charge on any atom is 0.187 e. The molecule has 50 heavy (non-hydrogen) atoms. The fourth-order valence-electron chi connectivity index (χ4n) is 12.1. The molecule has 1 spiro atoms. The second kappa shape index (κ2) is 12.8. The summed E-state index contributed by atoms with van der Waals surface area (Å²) >= 11 is 0. The van der Waals surface area contributed by atoms with Gasteiger partial charge in [0, 0.05) is 24.2 Å². The van der Waals surface area contributed by atoms with E-state index in [0.717, 1.165) is 44.1 Å². The van der Waals surface area contributed by atoms with Crippen molar-refractivity contribution in [2.75, 3.05) is 13.2 Å². The van der Waals surface area contributed by atoms with Crippen molar-refractivity contribution < 1.29 is 59.1 Å². The molecule has 20 atom stereocenters. The molecule has 4 saturated heterocycles. The molecule has 20 unspecified atom stereocenters. The summed E-state index contributed by atoms with van der Waals surface area (Å²) in [5.41, 5.74) is 2.09. The highest BCUT2D eigenvalue weighted by molar-refractivity contribution is 5.28. The Kier molecular flexibility index (Phi) is 9.22. The highest BCUT2D eigenvalue weighted by atomic mass is 16.8. The summed E-state index contributed by atoms with van der Waals surface area (Å²) in [5.74, 6) is 1.57. The Morgan fingerprint density at radius 2 is 1.68 bits per heavy atom. The summed E-state index contributed by atoms with van der Waals surface area (Å²) in [5, 5.41) is 64.3. The van der Waals surface area contributed by atoms with Crippen LogP contribution in [0.1, 0.15) is 79.1 Å². The van der Waals surface area contributed by atoms with E-state index in [1.165, 1.54) is 12.5 Å². The number of aliphatic hydroxyl groups is 6. The van der Waals surface area contributed by atoms with Crippen molar-refractivity contribution in [2.45, 2.75) is 158 Å². The monoisotopic (exact) mass is 706 g/mol. The Bertz CT molecular complexity index is 1330. The lowest BCUT2D eigenvalue weighted by Gasteiger charge is -2.60. The van der Waals surface area contributed by atoms with Crippen molar-refractivity contribution in [1.82, 2.24) is 0 Å². The van der Waals surface area contributed by atoms with Gasteiger partial charge in [0.15, 0.2) is 18.4 Å². The highest BCUT2D eigenvalue weighted by Gasteiger charge is 2.69. The molecule has 0 radical (unpaired) electrons. The lowest BCUT2D eigenvalue weighted by Crippen LogP contribution is -2.62. The smallest absolute Gasteiger partial charge is 0.187 e. The van der Waals surface area contributed by atoms with Crippen molar-refractivity contribution in [1.29, 1.82) is 0 Å². The highest BCUT2D eigenvalue weighted by Crippen LogP contribution is 2.70. The third kappa shape index (κ3) is 5.38. The van der Waals surface area contributed by atoms with Crippen molar-refractivity contribution in [2.24, 2.45) is 40.4 Å². The Morgan fingerprint density at radius 1 is 0.900 bits per heavy atom. The fourth-order valence-corrected chi connectivity index (χ4v) is 12.1. The molecule has 4 aliphatic heterocycles. The summed E-state index contributed by atoms with van der Waals surface area (Å²) in [4.78, 5) is 0. The lowest BCUT2D eigenvalue weighted by molar-refractivity contribution is -0.358. The van der Waals surface area contributed by atoms with Crippen LogP contribution in [0, 0.1) is 40.4 Å². The van der Waals surface area contributed by atoms with Gasteiger partial charge in [-0.25, -0.2) is 0 Å². The SMILES string of the molecule is C=C1CCC2(OC1)OC1CC3C4CC=C5CC(OC6OCC(O)C(O)C6OC6OC(C)C(O)C(O)C6O)CC(O)C5(C)C4CCC3(C)C1C2C. The predicted octanol–water partition coefficient (Wildman–Crippen LogP) is 1.92. The van der Waals surface area contributed by atoms with Crippen molar-refractivity contribution in [3.8, 4) is 0 Å². The van der Waals surface area contributed by atoms with Crippen LogP contribution in [0.3, 0.4) is 0 Å². The van der Waals surface area contributed by atoms with Crippen molar-refractivity contribution >= 4 is 0 Å². The minimum atomic E-state index is -1.60. The zero-order valence-corrected chi connectivity index (χ0v) is 29.8. The Balaban J connectivity index is 0.970. The van der Waals surface area contributed by atoms with Crippen LogP contribution in [0.15, 0.2) is 23.8 Å². The van der Waals surface area contributed by atoms with E-state index >= 15 is 0 Å². The molecule has 0 aromatic carbocycles. The molecule has 282 valence electrons. The standard InChI is InChI=1S/C38H58O12/c1-17-8-11-38(46-15-17)18(2)28-26(50-38)14-24-22-7-6-20-12-21(13-27(40)37(20,5)23(22)9-10-36(24,28)4)48-35-33(30(42)25(39)16-45-35)49-34-32(44)31(43)29(41)19(3)47-34/h6,18-19,21-35,39-44H,1,7-16H2,2-5H3. The molecule has 12 heteroatoms. The topological polar surface area (TPSA) is 177 Å². The summed E-state index contributed by atoms with van der Waals surface area (Å²) in [7, 11) is 0. The van der Waals surface area contributed by atoms with Gasteiger partial charge in [-0.05, 0) is 74.5 Å². The molecule has 12 nitrogen and oxygen atoms in total. The number of hydrogen-bond donors (Lipinski definition) is 6. The summed E-state index contributed by atoms with van der Waals surface area (Å²) in [6, 6.07) is 0. The van der Waals surface area contributed by atoms with Crippen LogP contribution in [-0.4, -0.2) is 123 Å². The van der Waals surface area contributed by atoms with Crippen molar-refractivity contribution in [3.05, 3.63) is 23.8 Å². The molecule has 4 heterocycles. The zero-order valence-electron chi connectivity index (χ0n) is 29.8. The minimum absolute atomic E-state index is 0.153. The van der Waals surface area contributed by atoms with Gasteiger partial charge in [-0.1, -0.05) is 44.6 Å². The molecular formula is C38H58O12. The Morgan fingerprint density at radius 3 is 2.42 bits per heavy atom. The maximum absolute atomic E-state index is 12.0. The number of ether oxygens (including phenoxy) is 6. The first-order valence-corrected chi connectivity index (χ1v) is 19.0. The first kappa shape index (κ1) is 36.0. The molecule has 0 aromatic rings. The summed E-state index contributed by atoms with van der Waals surface area (Å²) in [6.45, 7) is 13.1. The first-order chi connectivity index (χ1) is 23.7. The summed E-state index contributed by atoms with van der Waals surface area (Å²) in [6.07, 6.45) is -3.43. The van der Waals surface area contributed by atoms with Gasteiger partial charge in [0.05, 0.1) is 37.6 Å². The minimum Gasteiger partial charge on any atom is -0.392 e. The van der Waals surface area contributed by atoms with Gasteiger partial charge in [0.1, 0.15) is 36.6 Å². The van der Waals surface area contributed by atoms with Crippen LogP contribution in [0.2, 0.25) is 0 Å². The molecule has 4 aliphatic carbocycles. The summed E-state index contributed by atoms with van der Waals surface area (Å²) < 4.78 is 37.1. The van der Waals surface area contributed by atoms with E-state index in [4.69, 9.17) is 28.4 Å². The van der Waals surface area contributed by atoms with Gasteiger partial charge in [-0.15, -0.1) is 0 Å². The average Bonchev–Trinajstić information content (AvgIpc) is 3.53. The van der Waals surface area contributed by atoms with Gasteiger partial charge in [0.2, 0.25) is 0 Å². The predicted molar refractivity (Wildman–Crippen MR) is 177 cm³/mol. The average molecular weight is 707 g/mol. The van der Waals surface area contributed by atoms with E-state index in [-0.39, 0.29) is 18.1 Å². The number of aliphatic hydroxyl groups excluding tert-OH is 6. The van der Waals surface area contributed by atoms with Gasteiger partial charge in [0.25, 0.3) is 0 Å². The van der Waals surface area contributed by atoms with E-state index in [2.05, 4.69) is 33.4 Å². The second-order valence-electron chi connectivity index (χ2n) is 17.5. The molecule has 8 rings (SSSR count). The van der Waals surface area contributed by atoms with Crippen LogP contribution in [0.25, 0.3) is 0 Å². The molecule has 8 aliphatic rings. The molecule has 0 amide bonds. The molecule has 6 N–H and O–H groups in total. The zero-order chi connectivity index (χ0) is 35.5. The van der Waals surface area contributed by atoms with Crippen LogP contribution >= 0.6 is 0 Å². The second-order valence-corrected chi connectivity index (χ2v) is 17.5. The number of allylic oxidation sites excluding steroid dienone is 1. The molecule has 3 saturated carbocycles. The molecule has 7 fully saturated rings. The van der Waals surface area contributed by atoms with Crippen LogP contribution in [0.5, 0.6) is 0 Å². The maximum atomic E-state index is 12.0. The number of fused-ring (bicyclic) bond motifs is 7. The first-order valence-electron chi connectivity index (χ1n) is 19.0. The van der Waals surface area contributed by atoms with Crippen molar-refractivity contribution in [3.63, 3.8) is 0 Å². The Hall–Kier alpha value is -1.00. The number of rotatable bonds is 4. The Labute approximate surface area is 294 Å². The van der Waals surface area contributed by atoms with Gasteiger partial charge in [-0.2, -0.15) is 0 Å². The third-order valence-electron chi connectivity index (χ3n) is 15.0. The quantitative estimate of drug-likeness (QED) is 0.235. The molecule has 0 bridgehead atoms. The fraction of sp³-hybridized carbons (Fsp3) is 0.895. The van der Waals surface area contributed by atoms with E-state index < -0.39 is 78.7 Å². The largest absolute Gasteiger partial charge is 0.392 e. The van der Waals surface area contributed by atoms with Gasteiger partial charge >= 0.3 is 0 Å². The van der Waals surface area contributed by atoms with E-state index in [1.54, 1.807) is 0 Å². The number of hydrogen-bond acceptors (Lipinski definition) is 12. The van der Waals surface area contributed by atoms with Crippen LogP contribution in [0.4, 0.5) is 0 Å². The van der Waals surface area contributed by atoms with Gasteiger partial charge < -0.3 is 59.1 Å². The van der Waals surface area contributed by atoms with E-state index in [9.17, 15) is 30.6 Å². The lowest BCUT2D eigenvalue weighted by atomic mass is 9.46. The molecular weight excluding hydrogens is 648 g/mol. The van der Waals surface area contributed by atoms with E-state index in [0.29, 0.717) is 49.0 Å². The van der Waals surface area contributed by atoms with E-state index in [1.807, 2.05) is 0 Å². The molecule has 0 aromatic heterocycles. The third-order valence-corrected chi connectivity index (χ3v) is 15.0. The van der Waals surface area contributed by atoms with Crippen LogP contribution in [-0.2, 0) is 28.4 Å². The normalized spacial score (nSPS) is 57.8. The van der Waals surface area contributed by atoms with Gasteiger partial charge in [-0.3, -0.25) is 0 Å². The van der Waals surface area contributed by atoms with Crippen LogP contribution < -0.4 is 0 Å².